The minimum atomic E-state index is -3.19. The van der Waals surface area contributed by atoms with Gasteiger partial charge in [-0.05, 0) is 18.2 Å². The fourth-order valence-electron chi connectivity index (χ4n) is 2.43. The van der Waals surface area contributed by atoms with Crippen molar-refractivity contribution >= 4 is 15.9 Å². The van der Waals surface area contributed by atoms with Crippen LogP contribution >= 0.6 is 0 Å². The van der Waals surface area contributed by atoms with Crippen molar-refractivity contribution in [3.8, 4) is 11.5 Å². The van der Waals surface area contributed by atoms with Crippen LogP contribution in [0.15, 0.2) is 18.2 Å². The molecule has 1 amide bonds. The SMILES string of the molecule is CS(=O)(=O)N1CCN(C(=O)c2ccc3c(c2)OCO3)CC1. The molecule has 3 rings (SSSR count). The van der Waals surface area contributed by atoms with Crippen molar-refractivity contribution in [3.05, 3.63) is 23.8 Å². The predicted octanol–water partition coefficient (Wildman–Crippen LogP) is 0.133. The van der Waals surface area contributed by atoms with E-state index in [1.807, 2.05) is 0 Å². The Balaban J connectivity index is 1.70. The minimum Gasteiger partial charge on any atom is -0.454 e. The zero-order chi connectivity index (χ0) is 15.0. The first-order valence-electron chi connectivity index (χ1n) is 6.59. The molecule has 1 fully saturated rings. The molecule has 2 heterocycles. The highest BCUT2D eigenvalue weighted by Gasteiger charge is 2.27. The molecule has 1 aromatic carbocycles. The summed E-state index contributed by atoms with van der Waals surface area (Å²) >= 11 is 0. The number of hydrogen-bond donors (Lipinski definition) is 0. The van der Waals surface area contributed by atoms with Gasteiger partial charge in [-0.25, -0.2) is 8.42 Å². The van der Waals surface area contributed by atoms with E-state index >= 15 is 0 Å². The Hall–Kier alpha value is -1.80. The summed E-state index contributed by atoms with van der Waals surface area (Å²) in [6.07, 6.45) is 1.18. The Kier molecular flexibility index (Phi) is 3.50. The van der Waals surface area contributed by atoms with Crippen molar-refractivity contribution in [3.63, 3.8) is 0 Å². The number of amides is 1. The van der Waals surface area contributed by atoms with Gasteiger partial charge in [-0.2, -0.15) is 4.31 Å². The van der Waals surface area contributed by atoms with Gasteiger partial charge in [0.05, 0.1) is 6.26 Å². The van der Waals surface area contributed by atoms with Crippen LogP contribution in [0.3, 0.4) is 0 Å². The average Bonchev–Trinajstić information content (AvgIpc) is 2.93. The lowest BCUT2D eigenvalue weighted by Crippen LogP contribution is -2.50. The van der Waals surface area contributed by atoms with Crippen molar-refractivity contribution in [1.82, 2.24) is 9.21 Å². The predicted molar refractivity (Wildman–Crippen MR) is 74.9 cm³/mol. The molecule has 2 aliphatic heterocycles. The molecule has 0 N–H and O–H groups in total. The molecule has 8 heteroatoms. The van der Waals surface area contributed by atoms with Crippen LogP contribution in [-0.4, -0.2) is 62.8 Å². The zero-order valence-corrected chi connectivity index (χ0v) is 12.4. The molecular formula is C13H16N2O5S. The number of carbonyl (C=O) groups excluding carboxylic acids is 1. The summed E-state index contributed by atoms with van der Waals surface area (Å²) in [4.78, 5) is 14.1. The van der Waals surface area contributed by atoms with Gasteiger partial charge in [0, 0.05) is 31.7 Å². The number of rotatable bonds is 2. The maximum Gasteiger partial charge on any atom is 0.254 e. The minimum absolute atomic E-state index is 0.124. The zero-order valence-electron chi connectivity index (χ0n) is 11.6. The van der Waals surface area contributed by atoms with Crippen LogP contribution in [0.4, 0.5) is 0 Å². The van der Waals surface area contributed by atoms with Crippen molar-refractivity contribution in [2.24, 2.45) is 0 Å². The van der Waals surface area contributed by atoms with E-state index in [9.17, 15) is 13.2 Å². The molecule has 1 aromatic rings. The molecule has 0 unspecified atom stereocenters. The van der Waals surface area contributed by atoms with Crippen LogP contribution in [0.1, 0.15) is 10.4 Å². The van der Waals surface area contributed by atoms with Gasteiger partial charge in [0.25, 0.3) is 5.91 Å². The van der Waals surface area contributed by atoms with Crippen molar-refractivity contribution in [1.29, 1.82) is 0 Å². The van der Waals surface area contributed by atoms with Crippen molar-refractivity contribution < 1.29 is 22.7 Å². The Labute approximate surface area is 123 Å². The Morgan fingerprint density at radius 2 is 1.76 bits per heavy atom. The van der Waals surface area contributed by atoms with Gasteiger partial charge in [-0.3, -0.25) is 4.79 Å². The van der Waals surface area contributed by atoms with Crippen LogP contribution in [0.25, 0.3) is 0 Å². The molecule has 2 aliphatic rings. The van der Waals surface area contributed by atoms with Crippen molar-refractivity contribution in [2.75, 3.05) is 39.2 Å². The summed E-state index contributed by atoms with van der Waals surface area (Å²) in [7, 11) is -3.19. The van der Waals surface area contributed by atoms with Crippen LogP contribution < -0.4 is 9.47 Å². The van der Waals surface area contributed by atoms with Gasteiger partial charge < -0.3 is 14.4 Å². The number of sulfonamides is 1. The summed E-state index contributed by atoms with van der Waals surface area (Å²) in [6, 6.07) is 5.06. The highest BCUT2D eigenvalue weighted by molar-refractivity contribution is 7.88. The van der Waals surface area contributed by atoms with Crippen LogP contribution in [0, 0.1) is 0 Å². The van der Waals surface area contributed by atoms with E-state index in [1.165, 1.54) is 10.6 Å². The third-order valence-corrected chi connectivity index (χ3v) is 4.92. The molecular weight excluding hydrogens is 296 g/mol. The maximum absolute atomic E-state index is 12.4. The van der Waals surface area contributed by atoms with Gasteiger partial charge in [-0.1, -0.05) is 0 Å². The van der Waals surface area contributed by atoms with Gasteiger partial charge in [0.2, 0.25) is 16.8 Å². The lowest BCUT2D eigenvalue weighted by Gasteiger charge is -2.33. The Morgan fingerprint density at radius 1 is 1.10 bits per heavy atom. The van der Waals surface area contributed by atoms with Crippen LogP contribution in [0.5, 0.6) is 11.5 Å². The number of ether oxygens (including phenoxy) is 2. The molecule has 21 heavy (non-hydrogen) atoms. The van der Waals surface area contributed by atoms with E-state index in [4.69, 9.17) is 9.47 Å². The average molecular weight is 312 g/mol. The Morgan fingerprint density at radius 3 is 2.43 bits per heavy atom. The maximum atomic E-state index is 12.4. The van der Waals surface area contributed by atoms with Crippen LogP contribution in [-0.2, 0) is 10.0 Å². The third kappa shape index (κ3) is 2.81. The molecule has 7 nitrogen and oxygen atoms in total. The number of piperazine rings is 1. The fourth-order valence-corrected chi connectivity index (χ4v) is 3.26. The second-order valence-corrected chi connectivity index (χ2v) is 7.00. The topological polar surface area (TPSA) is 76.2 Å². The third-order valence-electron chi connectivity index (χ3n) is 3.61. The van der Waals surface area contributed by atoms with E-state index in [2.05, 4.69) is 0 Å². The van der Waals surface area contributed by atoms with Crippen molar-refractivity contribution in [2.45, 2.75) is 0 Å². The molecule has 0 saturated carbocycles. The lowest BCUT2D eigenvalue weighted by molar-refractivity contribution is 0.0698. The van der Waals surface area contributed by atoms with E-state index in [0.717, 1.165) is 0 Å². The smallest absolute Gasteiger partial charge is 0.254 e. The quantitative estimate of drug-likeness (QED) is 0.776. The summed E-state index contributed by atoms with van der Waals surface area (Å²) in [5.74, 6) is 1.07. The number of nitrogens with zero attached hydrogens (tertiary/aromatic N) is 2. The largest absolute Gasteiger partial charge is 0.454 e. The second kappa shape index (κ2) is 5.19. The summed E-state index contributed by atoms with van der Waals surface area (Å²) in [5.41, 5.74) is 0.520. The Bertz CT molecular complexity index is 665. The van der Waals surface area contributed by atoms with E-state index in [0.29, 0.717) is 43.2 Å². The van der Waals surface area contributed by atoms with Gasteiger partial charge in [-0.15, -0.1) is 0 Å². The number of hydrogen-bond acceptors (Lipinski definition) is 5. The van der Waals surface area contributed by atoms with E-state index in [-0.39, 0.29) is 12.7 Å². The fraction of sp³-hybridized carbons (Fsp3) is 0.462. The molecule has 0 bridgehead atoms. The molecule has 0 aliphatic carbocycles. The highest BCUT2D eigenvalue weighted by Crippen LogP contribution is 2.32. The number of carbonyl (C=O) groups is 1. The van der Waals surface area contributed by atoms with Gasteiger partial charge in [0.15, 0.2) is 11.5 Å². The first-order chi connectivity index (χ1) is 9.95. The molecule has 0 aromatic heterocycles. The van der Waals surface area contributed by atoms with Gasteiger partial charge in [0.1, 0.15) is 0 Å². The van der Waals surface area contributed by atoms with E-state index < -0.39 is 10.0 Å². The molecule has 0 atom stereocenters. The lowest BCUT2D eigenvalue weighted by atomic mass is 10.1. The first-order valence-corrected chi connectivity index (χ1v) is 8.44. The normalized spacial score (nSPS) is 18.8. The van der Waals surface area contributed by atoms with E-state index in [1.54, 1.807) is 23.1 Å². The molecule has 1 saturated heterocycles. The van der Waals surface area contributed by atoms with Gasteiger partial charge >= 0.3 is 0 Å². The summed E-state index contributed by atoms with van der Waals surface area (Å²) < 4.78 is 34.8. The summed E-state index contributed by atoms with van der Waals surface area (Å²) in [6.45, 7) is 1.60. The summed E-state index contributed by atoms with van der Waals surface area (Å²) in [5, 5.41) is 0. The highest BCUT2D eigenvalue weighted by atomic mass is 32.2. The number of fused-ring (bicyclic) bond motifs is 1. The standard InChI is InChI=1S/C13H16N2O5S/c1-21(17,18)15-6-4-14(5-7-15)13(16)10-2-3-11-12(8-10)20-9-19-11/h2-3,8H,4-7,9H2,1H3. The molecule has 0 radical (unpaired) electrons. The first kappa shape index (κ1) is 14.2. The number of benzene rings is 1. The second-order valence-electron chi connectivity index (χ2n) is 5.02. The molecule has 114 valence electrons. The molecule has 0 spiro atoms. The monoisotopic (exact) mass is 312 g/mol. The van der Waals surface area contributed by atoms with Crippen LogP contribution in [0.2, 0.25) is 0 Å².